The van der Waals surface area contributed by atoms with E-state index in [0.29, 0.717) is 18.7 Å². The summed E-state index contributed by atoms with van der Waals surface area (Å²) in [5.74, 6) is 0.886. The number of fused-ring (bicyclic) bond motifs is 2. The molecule has 0 fully saturated rings. The molecular formula is C25H24N4O2. The summed E-state index contributed by atoms with van der Waals surface area (Å²) in [6.07, 6.45) is 1.73. The highest BCUT2D eigenvalue weighted by molar-refractivity contribution is 6.06. The Balaban J connectivity index is 1.50. The molecule has 4 aromatic rings. The van der Waals surface area contributed by atoms with Crippen molar-refractivity contribution in [3.8, 4) is 17.0 Å². The predicted octanol–water partition coefficient (Wildman–Crippen LogP) is 4.41. The lowest BCUT2D eigenvalue weighted by molar-refractivity contribution is 0.0934. The van der Waals surface area contributed by atoms with Crippen LogP contribution in [0.25, 0.3) is 22.3 Å². The Morgan fingerprint density at radius 1 is 1.19 bits per heavy atom. The molecule has 1 amide bonds. The van der Waals surface area contributed by atoms with Crippen LogP contribution in [0.4, 0.5) is 0 Å². The van der Waals surface area contributed by atoms with Crippen LogP contribution >= 0.6 is 0 Å². The van der Waals surface area contributed by atoms with E-state index in [1.54, 1.807) is 6.20 Å². The Bertz CT molecular complexity index is 1250. The fourth-order valence-corrected chi connectivity index (χ4v) is 4.21. The minimum Gasteiger partial charge on any atom is -0.493 e. The van der Waals surface area contributed by atoms with E-state index in [0.717, 1.165) is 33.6 Å². The summed E-state index contributed by atoms with van der Waals surface area (Å²) in [5, 5.41) is 8.38. The zero-order chi connectivity index (χ0) is 21.4. The van der Waals surface area contributed by atoms with Gasteiger partial charge in [-0.2, -0.15) is 5.10 Å². The Labute approximate surface area is 180 Å². The van der Waals surface area contributed by atoms with E-state index in [4.69, 9.17) is 9.72 Å². The number of benzene rings is 2. The van der Waals surface area contributed by atoms with Crippen LogP contribution in [0.5, 0.6) is 5.75 Å². The third-order valence-corrected chi connectivity index (χ3v) is 5.92. The van der Waals surface area contributed by atoms with Gasteiger partial charge in [-0.05, 0) is 26.0 Å². The van der Waals surface area contributed by atoms with Crippen molar-refractivity contribution in [3.05, 3.63) is 78.0 Å². The van der Waals surface area contributed by atoms with Crippen molar-refractivity contribution in [2.24, 2.45) is 0 Å². The minimum absolute atomic E-state index is 0.0826. The molecule has 3 heterocycles. The van der Waals surface area contributed by atoms with E-state index in [-0.39, 0.29) is 17.9 Å². The topological polar surface area (TPSA) is 69.0 Å². The van der Waals surface area contributed by atoms with Crippen molar-refractivity contribution in [3.63, 3.8) is 0 Å². The summed E-state index contributed by atoms with van der Waals surface area (Å²) in [4.78, 5) is 18.2. The Morgan fingerprint density at radius 3 is 2.77 bits per heavy atom. The molecule has 0 saturated carbocycles. The highest BCUT2D eigenvalue weighted by atomic mass is 16.5. The molecule has 1 aliphatic rings. The van der Waals surface area contributed by atoms with Crippen LogP contribution in [0, 0.1) is 0 Å². The number of pyridine rings is 1. The third kappa shape index (κ3) is 3.44. The fourth-order valence-electron chi connectivity index (χ4n) is 4.21. The quantitative estimate of drug-likeness (QED) is 0.527. The number of aryl methyl sites for hydroxylation is 1. The average molecular weight is 412 g/mol. The van der Waals surface area contributed by atoms with Gasteiger partial charge in [0.25, 0.3) is 5.91 Å². The normalized spacial score (nSPS) is 16.0. The highest BCUT2D eigenvalue weighted by Gasteiger charge is 2.30. The lowest BCUT2D eigenvalue weighted by Crippen LogP contribution is -2.37. The summed E-state index contributed by atoms with van der Waals surface area (Å²) in [6.45, 7) is 5.29. The van der Waals surface area contributed by atoms with Crippen molar-refractivity contribution in [2.45, 2.75) is 32.4 Å². The van der Waals surface area contributed by atoms with E-state index >= 15 is 0 Å². The van der Waals surface area contributed by atoms with Crippen LogP contribution < -0.4 is 10.1 Å². The van der Waals surface area contributed by atoms with Gasteiger partial charge in [-0.15, -0.1) is 0 Å². The highest BCUT2D eigenvalue weighted by Crippen LogP contribution is 2.35. The molecule has 0 aliphatic carbocycles. The second kappa shape index (κ2) is 7.87. The van der Waals surface area contributed by atoms with Crippen LogP contribution in [-0.2, 0) is 6.54 Å². The number of nitrogens with zero attached hydrogens (tertiary/aromatic N) is 3. The van der Waals surface area contributed by atoms with Crippen molar-refractivity contribution in [1.82, 2.24) is 20.1 Å². The molecule has 5 rings (SSSR count). The monoisotopic (exact) mass is 412 g/mol. The number of carbonyl (C=O) groups excluding carboxylic acids is 1. The van der Waals surface area contributed by atoms with Gasteiger partial charge in [0.1, 0.15) is 5.75 Å². The maximum atomic E-state index is 13.4. The summed E-state index contributed by atoms with van der Waals surface area (Å²) >= 11 is 0. The maximum Gasteiger partial charge on any atom is 0.252 e. The standard InChI is InChI=1S/C25H24N4O2/c1-3-29-24-20(14-26-29)19(13-22(28-24)17-9-5-4-6-10-17)25(30)27-16(2)21-15-31-23-12-8-7-11-18(21)23/h4-14,16,21H,3,15H2,1-2H3,(H,27,30). The zero-order valence-corrected chi connectivity index (χ0v) is 17.6. The Morgan fingerprint density at radius 2 is 1.97 bits per heavy atom. The van der Waals surface area contributed by atoms with Gasteiger partial charge in [-0.3, -0.25) is 4.79 Å². The number of para-hydroxylation sites is 1. The van der Waals surface area contributed by atoms with Gasteiger partial charge < -0.3 is 10.1 Å². The molecule has 2 aromatic heterocycles. The Hall–Kier alpha value is -3.67. The first kappa shape index (κ1) is 19.3. The minimum atomic E-state index is -0.128. The van der Waals surface area contributed by atoms with Crippen LogP contribution in [-0.4, -0.2) is 33.3 Å². The lowest BCUT2D eigenvalue weighted by atomic mass is 9.94. The van der Waals surface area contributed by atoms with Crippen LogP contribution in [0.2, 0.25) is 0 Å². The summed E-state index contributed by atoms with van der Waals surface area (Å²) in [6, 6.07) is 19.7. The maximum absolute atomic E-state index is 13.4. The number of rotatable bonds is 5. The molecule has 2 atom stereocenters. The smallest absolute Gasteiger partial charge is 0.252 e. The Kier molecular flexibility index (Phi) is 4.90. The van der Waals surface area contributed by atoms with E-state index in [1.165, 1.54) is 0 Å². The molecular weight excluding hydrogens is 388 g/mol. The van der Waals surface area contributed by atoms with Gasteiger partial charge in [-0.1, -0.05) is 48.5 Å². The molecule has 156 valence electrons. The number of hydrogen-bond donors (Lipinski definition) is 1. The molecule has 31 heavy (non-hydrogen) atoms. The van der Waals surface area contributed by atoms with Gasteiger partial charge >= 0.3 is 0 Å². The summed E-state index contributed by atoms with van der Waals surface area (Å²) in [5.41, 5.74) is 4.17. The van der Waals surface area contributed by atoms with Crippen LogP contribution in [0.15, 0.2) is 66.9 Å². The summed E-state index contributed by atoms with van der Waals surface area (Å²) < 4.78 is 7.63. The van der Waals surface area contributed by atoms with Gasteiger partial charge in [0.05, 0.1) is 29.4 Å². The first-order valence-corrected chi connectivity index (χ1v) is 10.6. The van der Waals surface area contributed by atoms with E-state index in [2.05, 4.69) is 16.5 Å². The largest absolute Gasteiger partial charge is 0.493 e. The average Bonchev–Trinajstić information content (AvgIpc) is 3.43. The SMILES string of the molecule is CCn1ncc2c(C(=O)NC(C)C3COc4ccccc43)cc(-c3ccccc3)nc21. The van der Waals surface area contributed by atoms with Gasteiger partial charge in [0, 0.05) is 29.6 Å². The summed E-state index contributed by atoms with van der Waals surface area (Å²) in [7, 11) is 0. The fraction of sp³-hybridized carbons (Fsp3) is 0.240. The molecule has 1 aliphatic heterocycles. The molecule has 2 unspecified atom stereocenters. The molecule has 6 heteroatoms. The van der Waals surface area contributed by atoms with Gasteiger partial charge in [-0.25, -0.2) is 9.67 Å². The number of nitrogens with one attached hydrogen (secondary N) is 1. The molecule has 0 saturated heterocycles. The number of hydrogen-bond acceptors (Lipinski definition) is 4. The first-order valence-electron chi connectivity index (χ1n) is 10.6. The second-order valence-electron chi connectivity index (χ2n) is 7.84. The molecule has 1 N–H and O–H groups in total. The third-order valence-electron chi connectivity index (χ3n) is 5.92. The van der Waals surface area contributed by atoms with Crippen LogP contribution in [0.3, 0.4) is 0 Å². The molecule has 6 nitrogen and oxygen atoms in total. The lowest BCUT2D eigenvalue weighted by Gasteiger charge is -2.20. The van der Waals surface area contributed by atoms with E-state index < -0.39 is 0 Å². The van der Waals surface area contributed by atoms with E-state index in [1.807, 2.05) is 73.1 Å². The number of aromatic nitrogens is 3. The number of amides is 1. The zero-order valence-electron chi connectivity index (χ0n) is 17.6. The second-order valence-corrected chi connectivity index (χ2v) is 7.84. The number of ether oxygens (including phenoxy) is 1. The van der Waals surface area contributed by atoms with Crippen LogP contribution in [0.1, 0.15) is 35.7 Å². The first-order chi connectivity index (χ1) is 15.2. The molecule has 2 aromatic carbocycles. The molecule has 0 radical (unpaired) electrons. The van der Waals surface area contributed by atoms with Gasteiger partial charge in [0.15, 0.2) is 5.65 Å². The molecule has 0 bridgehead atoms. The van der Waals surface area contributed by atoms with Crippen molar-refractivity contribution in [1.29, 1.82) is 0 Å². The van der Waals surface area contributed by atoms with Crippen molar-refractivity contribution < 1.29 is 9.53 Å². The number of carbonyl (C=O) groups is 1. The predicted molar refractivity (Wildman–Crippen MR) is 120 cm³/mol. The van der Waals surface area contributed by atoms with E-state index in [9.17, 15) is 4.79 Å². The van der Waals surface area contributed by atoms with Gasteiger partial charge in [0.2, 0.25) is 0 Å². The molecule has 0 spiro atoms. The van der Waals surface area contributed by atoms with Crippen molar-refractivity contribution >= 4 is 16.9 Å². The van der Waals surface area contributed by atoms with Crippen molar-refractivity contribution in [2.75, 3.05) is 6.61 Å².